The first-order valence-corrected chi connectivity index (χ1v) is 5.15. The molecule has 0 spiro atoms. The van der Waals surface area contributed by atoms with E-state index >= 15 is 0 Å². The molecule has 1 aromatic rings. The molecule has 1 atom stereocenters. The van der Waals surface area contributed by atoms with Gasteiger partial charge in [0.15, 0.2) is 0 Å². The van der Waals surface area contributed by atoms with Gasteiger partial charge in [-0.05, 0) is 18.6 Å². The maximum Gasteiger partial charge on any atom is 0.227 e. The second-order valence-electron chi connectivity index (χ2n) is 3.88. The number of primary amides is 1. The monoisotopic (exact) mass is 220 g/mol. The van der Waals surface area contributed by atoms with Crippen molar-refractivity contribution in [3.63, 3.8) is 0 Å². The van der Waals surface area contributed by atoms with Crippen LogP contribution in [-0.2, 0) is 9.59 Å². The van der Waals surface area contributed by atoms with Crippen molar-refractivity contribution < 1.29 is 9.59 Å². The molecule has 0 saturated heterocycles. The zero-order valence-corrected chi connectivity index (χ0v) is 9.49. The van der Waals surface area contributed by atoms with Crippen LogP contribution < -0.4 is 11.1 Å². The van der Waals surface area contributed by atoms with E-state index < -0.39 is 11.8 Å². The number of para-hydroxylation sites is 1. The summed E-state index contributed by atoms with van der Waals surface area (Å²) in [5.74, 6) is -1.06. The summed E-state index contributed by atoms with van der Waals surface area (Å²) in [7, 11) is 0. The fraction of sp³-hybridized carbons (Fsp3) is 0.333. The number of carbonyl (C=O) groups is 2. The van der Waals surface area contributed by atoms with Gasteiger partial charge in [-0.2, -0.15) is 0 Å². The first kappa shape index (κ1) is 12.2. The first-order valence-electron chi connectivity index (χ1n) is 5.15. The fourth-order valence-corrected chi connectivity index (χ4v) is 1.36. The molecule has 2 amide bonds. The van der Waals surface area contributed by atoms with E-state index in [1.807, 2.05) is 31.2 Å². The fourth-order valence-electron chi connectivity index (χ4n) is 1.36. The van der Waals surface area contributed by atoms with Gasteiger partial charge in [-0.25, -0.2) is 0 Å². The Bertz CT molecular complexity index is 402. The van der Waals surface area contributed by atoms with Gasteiger partial charge in [0.25, 0.3) is 0 Å². The molecule has 0 aliphatic rings. The van der Waals surface area contributed by atoms with E-state index in [-0.39, 0.29) is 12.3 Å². The van der Waals surface area contributed by atoms with Gasteiger partial charge in [0, 0.05) is 18.0 Å². The normalized spacial score (nSPS) is 11.9. The third-order valence-corrected chi connectivity index (χ3v) is 2.36. The molecule has 0 aromatic heterocycles. The summed E-state index contributed by atoms with van der Waals surface area (Å²) in [5, 5.41) is 2.77. The molecule has 86 valence electrons. The lowest BCUT2D eigenvalue weighted by atomic mass is 10.1. The molecular weight excluding hydrogens is 204 g/mol. The van der Waals surface area contributed by atoms with Crippen molar-refractivity contribution in [2.75, 3.05) is 5.32 Å². The van der Waals surface area contributed by atoms with Crippen molar-refractivity contribution in [3.8, 4) is 0 Å². The smallest absolute Gasteiger partial charge is 0.227 e. The Labute approximate surface area is 94.8 Å². The van der Waals surface area contributed by atoms with E-state index in [2.05, 4.69) is 5.32 Å². The third-order valence-electron chi connectivity index (χ3n) is 2.36. The molecule has 3 N–H and O–H groups in total. The molecule has 1 rings (SSSR count). The van der Waals surface area contributed by atoms with Crippen LogP contribution in [0.25, 0.3) is 0 Å². The molecule has 4 heteroatoms. The number of nitrogens with one attached hydrogen (secondary N) is 1. The van der Waals surface area contributed by atoms with E-state index in [0.717, 1.165) is 11.3 Å². The van der Waals surface area contributed by atoms with Crippen LogP contribution in [-0.4, -0.2) is 11.8 Å². The van der Waals surface area contributed by atoms with Gasteiger partial charge in [-0.1, -0.05) is 25.1 Å². The van der Waals surface area contributed by atoms with Crippen LogP contribution in [0.4, 0.5) is 5.69 Å². The summed E-state index contributed by atoms with van der Waals surface area (Å²) in [6, 6.07) is 7.48. The number of benzene rings is 1. The van der Waals surface area contributed by atoms with E-state index in [4.69, 9.17) is 5.73 Å². The minimum atomic E-state index is -0.465. The summed E-state index contributed by atoms with van der Waals surface area (Å²) in [4.78, 5) is 22.4. The van der Waals surface area contributed by atoms with Crippen molar-refractivity contribution in [3.05, 3.63) is 29.8 Å². The van der Waals surface area contributed by atoms with Gasteiger partial charge >= 0.3 is 0 Å². The van der Waals surface area contributed by atoms with Crippen LogP contribution in [0.15, 0.2) is 24.3 Å². The Morgan fingerprint density at radius 3 is 2.56 bits per heavy atom. The first-order chi connectivity index (χ1) is 7.50. The SMILES string of the molecule is Cc1ccccc1NC(=O)C(C)CC(N)=O. The number of nitrogens with two attached hydrogens (primary N) is 1. The van der Waals surface area contributed by atoms with Crippen LogP contribution >= 0.6 is 0 Å². The largest absolute Gasteiger partial charge is 0.370 e. The molecule has 4 nitrogen and oxygen atoms in total. The highest BCUT2D eigenvalue weighted by molar-refractivity contribution is 5.95. The number of aryl methyl sites for hydroxylation is 1. The predicted molar refractivity (Wildman–Crippen MR) is 62.8 cm³/mol. The molecule has 0 radical (unpaired) electrons. The number of hydrogen-bond donors (Lipinski definition) is 2. The van der Waals surface area contributed by atoms with Gasteiger partial charge in [-0.3, -0.25) is 9.59 Å². The van der Waals surface area contributed by atoms with Gasteiger partial charge in [0.1, 0.15) is 0 Å². The van der Waals surface area contributed by atoms with E-state index in [1.165, 1.54) is 0 Å². The maximum absolute atomic E-state index is 11.7. The van der Waals surface area contributed by atoms with Crippen molar-refractivity contribution in [2.45, 2.75) is 20.3 Å². The molecule has 0 heterocycles. The predicted octanol–water partition coefficient (Wildman–Crippen LogP) is 1.45. The summed E-state index contributed by atoms with van der Waals surface area (Å²) >= 11 is 0. The summed E-state index contributed by atoms with van der Waals surface area (Å²) in [5.41, 5.74) is 6.79. The maximum atomic E-state index is 11.7. The molecule has 0 bridgehead atoms. The standard InChI is InChI=1S/C12H16N2O2/c1-8-5-3-4-6-10(8)14-12(16)9(2)7-11(13)15/h3-6,9H,7H2,1-2H3,(H2,13,15)(H,14,16). The second kappa shape index (κ2) is 5.30. The van der Waals surface area contributed by atoms with Crippen molar-refractivity contribution in [1.82, 2.24) is 0 Å². The van der Waals surface area contributed by atoms with Gasteiger partial charge < -0.3 is 11.1 Å². The number of rotatable bonds is 4. The molecule has 16 heavy (non-hydrogen) atoms. The topological polar surface area (TPSA) is 72.2 Å². The zero-order valence-electron chi connectivity index (χ0n) is 9.49. The Kier molecular flexibility index (Phi) is 4.05. The van der Waals surface area contributed by atoms with Crippen LogP contribution in [0, 0.1) is 12.8 Å². The lowest BCUT2D eigenvalue weighted by Crippen LogP contribution is -2.25. The number of amides is 2. The lowest BCUT2D eigenvalue weighted by Gasteiger charge is -2.12. The number of anilines is 1. The Hall–Kier alpha value is -1.84. The number of carbonyl (C=O) groups excluding carboxylic acids is 2. The van der Waals surface area contributed by atoms with E-state index in [0.29, 0.717) is 0 Å². The molecular formula is C12H16N2O2. The third kappa shape index (κ3) is 3.38. The highest BCUT2D eigenvalue weighted by atomic mass is 16.2. The molecule has 0 fully saturated rings. The van der Waals surface area contributed by atoms with E-state index in [1.54, 1.807) is 6.92 Å². The summed E-state index contributed by atoms with van der Waals surface area (Å²) in [6.07, 6.45) is 0.0672. The Morgan fingerprint density at radius 2 is 2.00 bits per heavy atom. The van der Waals surface area contributed by atoms with Crippen molar-refractivity contribution in [2.24, 2.45) is 11.7 Å². The molecule has 0 aliphatic heterocycles. The van der Waals surface area contributed by atoms with Gasteiger partial charge in [0.05, 0.1) is 0 Å². The van der Waals surface area contributed by atoms with E-state index in [9.17, 15) is 9.59 Å². The van der Waals surface area contributed by atoms with Crippen LogP contribution in [0.2, 0.25) is 0 Å². The minimum Gasteiger partial charge on any atom is -0.370 e. The van der Waals surface area contributed by atoms with Crippen molar-refractivity contribution >= 4 is 17.5 Å². The van der Waals surface area contributed by atoms with Crippen LogP contribution in [0.1, 0.15) is 18.9 Å². The summed E-state index contributed by atoms with van der Waals surface area (Å²) < 4.78 is 0. The highest BCUT2D eigenvalue weighted by Gasteiger charge is 2.15. The van der Waals surface area contributed by atoms with Crippen LogP contribution in [0.5, 0.6) is 0 Å². The van der Waals surface area contributed by atoms with Gasteiger partial charge in [-0.15, -0.1) is 0 Å². The average Bonchev–Trinajstić information content (AvgIpc) is 2.20. The Balaban J connectivity index is 2.64. The zero-order chi connectivity index (χ0) is 12.1. The second-order valence-corrected chi connectivity index (χ2v) is 3.88. The Morgan fingerprint density at radius 1 is 1.38 bits per heavy atom. The minimum absolute atomic E-state index is 0.0672. The van der Waals surface area contributed by atoms with Crippen LogP contribution in [0.3, 0.4) is 0 Å². The molecule has 1 unspecified atom stereocenters. The highest BCUT2D eigenvalue weighted by Crippen LogP contribution is 2.15. The quantitative estimate of drug-likeness (QED) is 0.806. The molecule has 1 aromatic carbocycles. The summed E-state index contributed by atoms with van der Waals surface area (Å²) in [6.45, 7) is 3.59. The number of hydrogen-bond acceptors (Lipinski definition) is 2. The lowest BCUT2D eigenvalue weighted by molar-refractivity contribution is -0.125. The molecule has 0 aliphatic carbocycles. The molecule has 0 saturated carbocycles. The van der Waals surface area contributed by atoms with Gasteiger partial charge in [0.2, 0.25) is 11.8 Å². The average molecular weight is 220 g/mol. The van der Waals surface area contributed by atoms with Crippen molar-refractivity contribution in [1.29, 1.82) is 0 Å².